The van der Waals surface area contributed by atoms with Crippen LogP contribution in [0.2, 0.25) is 0 Å². The van der Waals surface area contributed by atoms with Crippen LogP contribution in [-0.2, 0) is 13.1 Å². The summed E-state index contributed by atoms with van der Waals surface area (Å²) in [5.74, 6) is 5.75. The third-order valence-corrected chi connectivity index (χ3v) is 3.29. The van der Waals surface area contributed by atoms with E-state index in [1.807, 2.05) is 25.1 Å². The smallest absolute Gasteiger partial charge is 0.301 e. The number of hydrazine groups is 1. The normalized spacial score (nSPS) is 10.9. The molecule has 0 aliphatic carbocycles. The highest BCUT2D eigenvalue weighted by atomic mass is 16.4. The zero-order valence-corrected chi connectivity index (χ0v) is 12.3. The summed E-state index contributed by atoms with van der Waals surface area (Å²) in [5, 5.41) is 0. The van der Waals surface area contributed by atoms with Gasteiger partial charge in [0.25, 0.3) is 0 Å². The molecule has 0 saturated heterocycles. The summed E-state index contributed by atoms with van der Waals surface area (Å²) >= 11 is 0. The molecule has 0 aromatic carbocycles. The standard InChI is InChI=1S/C15H20N4O2/c1-3-19(9-12-4-6-17-7-5-12)10-13-8-11(2)14(21-13)15(20)18-16/h4-8H,3,9-10,16H2,1-2H3,(H,18,20). The molecule has 6 heteroatoms. The Bertz CT molecular complexity index is 595. The van der Waals surface area contributed by atoms with Gasteiger partial charge in [-0.05, 0) is 37.2 Å². The summed E-state index contributed by atoms with van der Waals surface area (Å²) < 4.78 is 5.59. The van der Waals surface area contributed by atoms with Crippen molar-refractivity contribution in [1.29, 1.82) is 0 Å². The fourth-order valence-electron chi connectivity index (χ4n) is 2.16. The lowest BCUT2D eigenvalue weighted by molar-refractivity contribution is 0.0921. The molecule has 0 spiro atoms. The van der Waals surface area contributed by atoms with Gasteiger partial charge in [0.1, 0.15) is 5.76 Å². The molecule has 1 amide bonds. The van der Waals surface area contributed by atoms with Crippen LogP contribution in [0.3, 0.4) is 0 Å². The topological polar surface area (TPSA) is 84.4 Å². The Morgan fingerprint density at radius 2 is 2.10 bits per heavy atom. The molecule has 0 fully saturated rings. The van der Waals surface area contributed by atoms with Crippen LogP contribution in [0.25, 0.3) is 0 Å². The van der Waals surface area contributed by atoms with Gasteiger partial charge in [-0.15, -0.1) is 0 Å². The SMILES string of the molecule is CCN(Cc1ccncc1)Cc1cc(C)c(C(=O)NN)o1. The van der Waals surface area contributed by atoms with Crippen molar-refractivity contribution in [3.8, 4) is 0 Å². The largest absolute Gasteiger partial charge is 0.454 e. The molecule has 0 aliphatic rings. The summed E-state index contributed by atoms with van der Waals surface area (Å²) in [6.45, 7) is 6.23. The van der Waals surface area contributed by atoms with Crippen molar-refractivity contribution in [2.75, 3.05) is 6.54 Å². The number of hydrogen-bond acceptors (Lipinski definition) is 5. The first-order chi connectivity index (χ1) is 10.1. The van der Waals surface area contributed by atoms with Gasteiger partial charge < -0.3 is 4.42 Å². The van der Waals surface area contributed by atoms with Crippen molar-refractivity contribution in [1.82, 2.24) is 15.3 Å². The molecule has 21 heavy (non-hydrogen) atoms. The molecule has 0 unspecified atom stereocenters. The second kappa shape index (κ2) is 7.01. The minimum Gasteiger partial charge on any atom is -0.454 e. The molecule has 0 atom stereocenters. The van der Waals surface area contributed by atoms with Crippen molar-refractivity contribution in [2.45, 2.75) is 26.9 Å². The summed E-state index contributed by atoms with van der Waals surface area (Å²) in [4.78, 5) is 17.8. The van der Waals surface area contributed by atoms with E-state index in [0.717, 1.165) is 24.4 Å². The maximum atomic E-state index is 11.5. The summed E-state index contributed by atoms with van der Waals surface area (Å²) in [6.07, 6.45) is 3.56. The number of carbonyl (C=O) groups is 1. The Hall–Kier alpha value is -2.18. The van der Waals surface area contributed by atoms with Crippen LogP contribution in [-0.4, -0.2) is 22.3 Å². The minimum atomic E-state index is -0.407. The number of amides is 1. The predicted octanol–water partition coefficient (Wildman–Crippen LogP) is 1.61. The molecular weight excluding hydrogens is 268 g/mol. The molecule has 0 saturated carbocycles. The van der Waals surface area contributed by atoms with Gasteiger partial charge in [-0.2, -0.15) is 0 Å². The number of nitrogen functional groups attached to an aromatic ring is 1. The van der Waals surface area contributed by atoms with E-state index >= 15 is 0 Å². The Balaban J connectivity index is 2.07. The molecular formula is C15H20N4O2. The molecule has 0 radical (unpaired) electrons. The van der Waals surface area contributed by atoms with Gasteiger partial charge in [0.05, 0.1) is 6.54 Å². The summed E-state index contributed by atoms with van der Waals surface area (Å²) in [5.41, 5.74) is 4.06. The quantitative estimate of drug-likeness (QED) is 0.479. The monoisotopic (exact) mass is 288 g/mol. The Morgan fingerprint density at radius 1 is 1.38 bits per heavy atom. The third-order valence-electron chi connectivity index (χ3n) is 3.29. The fraction of sp³-hybridized carbons (Fsp3) is 0.333. The highest BCUT2D eigenvalue weighted by Crippen LogP contribution is 2.17. The van der Waals surface area contributed by atoms with Crippen LogP contribution < -0.4 is 11.3 Å². The molecule has 6 nitrogen and oxygen atoms in total. The first kappa shape index (κ1) is 15.2. The zero-order valence-electron chi connectivity index (χ0n) is 12.3. The number of nitrogens with one attached hydrogen (secondary N) is 1. The Labute approximate surface area is 123 Å². The van der Waals surface area contributed by atoms with Gasteiger partial charge in [0, 0.05) is 24.5 Å². The van der Waals surface area contributed by atoms with E-state index in [4.69, 9.17) is 10.3 Å². The van der Waals surface area contributed by atoms with Gasteiger partial charge in [-0.3, -0.25) is 20.1 Å². The van der Waals surface area contributed by atoms with Gasteiger partial charge in [-0.25, -0.2) is 5.84 Å². The average molecular weight is 288 g/mol. The van der Waals surface area contributed by atoms with Crippen LogP contribution in [0, 0.1) is 6.92 Å². The molecule has 112 valence electrons. The van der Waals surface area contributed by atoms with Crippen LogP contribution >= 0.6 is 0 Å². The van der Waals surface area contributed by atoms with Crippen molar-refractivity contribution < 1.29 is 9.21 Å². The van der Waals surface area contributed by atoms with Crippen molar-refractivity contribution in [3.05, 3.63) is 53.2 Å². The van der Waals surface area contributed by atoms with E-state index in [1.54, 1.807) is 12.4 Å². The Morgan fingerprint density at radius 3 is 2.71 bits per heavy atom. The van der Waals surface area contributed by atoms with Crippen molar-refractivity contribution in [3.63, 3.8) is 0 Å². The van der Waals surface area contributed by atoms with Crippen LogP contribution in [0.4, 0.5) is 0 Å². The second-order valence-corrected chi connectivity index (χ2v) is 4.86. The van der Waals surface area contributed by atoms with E-state index in [0.29, 0.717) is 6.54 Å². The highest BCUT2D eigenvalue weighted by molar-refractivity contribution is 5.92. The number of hydrogen-bond donors (Lipinski definition) is 2. The number of carbonyl (C=O) groups excluding carboxylic acids is 1. The van der Waals surface area contributed by atoms with Crippen LogP contribution in [0.5, 0.6) is 0 Å². The van der Waals surface area contributed by atoms with E-state index in [1.165, 1.54) is 5.56 Å². The maximum Gasteiger partial charge on any atom is 0.301 e. The number of aryl methyl sites for hydroxylation is 1. The molecule has 2 aromatic rings. The Kier molecular flexibility index (Phi) is 5.08. The molecule has 2 aromatic heterocycles. The van der Waals surface area contributed by atoms with E-state index in [9.17, 15) is 4.79 Å². The van der Waals surface area contributed by atoms with Crippen LogP contribution in [0.15, 0.2) is 35.0 Å². The second-order valence-electron chi connectivity index (χ2n) is 4.86. The first-order valence-electron chi connectivity index (χ1n) is 6.85. The third kappa shape index (κ3) is 3.90. The lowest BCUT2D eigenvalue weighted by Crippen LogP contribution is -2.30. The van der Waals surface area contributed by atoms with Gasteiger partial charge in [0.15, 0.2) is 5.76 Å². The maximum absolute atomic E-state index is 11.5. The summed E-state index contributed by atoms with van der Waals surface area (Å²) in [6, 6.07) is 5.85. The van der Waals surface area contributed by atoms with Gasteiger partial charge in [0.2, 0.25) is 0 Å². The lowest BCUT2D eigenvalue weighted by Gasteiger charge is -2.18. The van der Waals surface area contributed by atoms with Crippen molar-refractivity contribution >= 4 is 5.91 Å². The average Bonchev–Trinajstić information content (AvgIpc) is 2.87. The summed E-state index contributed by atoms with van der Waals surface area (Å²) in [7, 11) is 0. The van der Waals surface area contributed by atoms with E-state index < -0.39 is 5.91 Å². The number of aromatic nitrogens is 1. The van der Waals surface area contributed by atoms with E-state index in [2.05, 4.69) is 22.2 Å². The zero-order chi connectivity index (χ0) is 15.2. The fourth-order valence-corrected chi connectivity index (χ4v) is 2.16. The molecule has 2 heterocycles. The van der Waals surface area contributed by atoms with E-state index in [-0.39, 0.29) is 5.76 Å². The lowest BCUT2D eigenvalue weighted by atomic mass is 10.2. The molecule has 0 bridgehead atoms. The number of nitrogens with zero attached hydrogens (tertiary/aromatic N) is 2. The van der Waals surface area contributed by atoms with Crippen LogP contribution in [0.1, 0.15) is 34.4 Å². The molecule has 3 N–H and O–H groups in total. The predicted molar refractivity (Wildman–Crippen MR) is 79.1 cm³/mol. The number of nitrogens with two attached hydrogens (primary N) is 1. The number of pyridine rings is 1. The van der Waals surface area contributed by atoms with Gasteiger partial charge >= 0.3 is 5.91 Å². The number of furan rings is 1. The highest BCUT2D eigenvalue weighted by Gasteiger charge is 2.16. The first-order valence-corrected chi connectivity index (χ1v) is 6.85. The number of rotatable bonds is 6. The minimum absolute atomic E-state index is 0.271. The molecule has 0 aliphatic heterocycles. The van der Waals surface area contributed by atoms with Gasteiger partial charge in [-0.1, -0.05) is 6.92 Å². The van der Waals surface area contributed by atoms with Crippen molar-refractivity contribution in [2.24, 2.45) is 5.84 Å². The molecule has 2 rings (SSSR count).